The van der Waals surface area contributed by atoms with Crippen LogP contribution in [-0.2, 0) is 6.42 Å². The van der Waals surface area contributed by atoms with Crippen LogP contribution < -0.4 is 5.73 Å². The van der Waals surface area contributed by atoms with E-state index in [1.54, 1.807) is 6.26 Å². The summed E-state index contributed by atoms with van der Waals surface area (Å²) in [5.41, 5.74) is 10.6. The zero-order chi connectivity index (χ0) is 14.5. The zero-order valence-corrected chi connectivity index (χ0v) is 12.8. The molecule has 2 aromatic heterocycles. The summed E-state index contributed by atoms with van der Waals surface area (Å²) in [5, 5.41) is 0. The summed E-state index contributed by atoms with van der Waals surface area (Å²) in [6, 6.07) is 6.62. The average Bonchev–Trinajstić information content (AvgIpc) is 2.94. The van der Waals surface area contributed by atoms with E-state index in [1.807, 2.05) is 12.1 Å². The lowest BCUT2D eigenvalue weighted by molar-refractivity contribution is 0.272. The number of aromatic nitrogens is 1. The van der Waals surface area contributed by atoms with Crippen LogP contribution in [0.3, 0.4) is 0 Å². The standard InChI is InChI=1S/C17H24N2O/c1-11-8-13-14(18)9-17(3,4)10-15(13)19(11)12(2)16-6-5-7-20-16/h5-8,12,14H,9-10,18H2,1-4H3. The molecule has 0 aromatic carbocycles. The van der Waals surface area contributed by atoms with E-state index in [0.717, 1.165) is 18.6 Å². The maximum absolute atomic E-state index is 6.39. The third-order valence-corrected chi connectivity index (χ3v) is 4.53. The quantitative estimate of drug-likeness (QED) is 0.899. The Morgan fingerprint density at radius 2 is 2.20 bits per heavy atom. The third kappa shape index (κ3) is 2.10. The highest BCUT2D eigenvalue weighted by Gasteiger charge is 2.34. The van der Waals surface area contributed by atoms with Crippen molar-refractivity contribution < 1.29 is 4.42 Å². The summed E-state index contributed by atoms with van der Waals surface area (Å²) in [6.45, 7) is 8.97. The monoisotopic (exact) mass is 272 g/mol. The molecular weight excluding hydrogens is 248 g/mol. The van der Waals surface area contributed by atoms with Crippen molar-refractivity contribution in [3.63, 3.8) is 0 Å². The van der Waals surface area contributed by atoms with Crippen molar-refractivity contribution in [2.75, 3.05) is 0 Å². The number of rotatable bonds is 2. The van der Waals surface area contributed by atoms with Gasteiger partial charge in [0.05, 0.1) is 12.3 Å². The Kier molecular flexibility index (Phi) is 3.05. The smallest absolute Gasteiger partial charge is 0.126 e. The fourth-order valence-corrected chi connectivity index (χ4v) is 3.66. The maximum atomic E-state index is 6.39. The van der Waals surface area contributed by atoms with Gasteiger partial charge in [-0.25, -0.2) is 0 Å². The number of aryl methyl sites for hydroxylation is 1. The second-order valence-electron chi connectivity index (χ2n) is 6.90. The minimum atomic E-state index is 0.150. The van der Waals surface area contributed by atoms with Gasteiger partial charge in [-0.05, 0) is 55.9 Å². The number of nitrogens with zero attached hydrogens (tertiary/aromatic N) is 1. The van der Waals surface area contributed by atoms with Gasteiger partial charge in [0.25, 0.3) is 0 Å². The predicted molar refractivity (Wildman–Crippen MR) is 80.7 cm³/mol. The number of furan rings is 1. The summed E-state index contributed by atoms with van der Waals surface area (Å²) in [4.78, 5) is 0. The van der Waals surface area contributed by atoms with Crippen LogP contribution in [0.2, 0.25) is 0 Å². The molecule has 2 N–H and O–H groups in total. The lowest BCUT2D eigenvalue weighted by Gasteiger charge is -2.35. The fourth-order valence-electron chi connectivity index (χ4n) is 3.66. The van der Waals surface area contributed by atoms with Gasteiger partial charge in [0, 0.05) is 17.4 Å². The summed E-state index contributed by atoms with van der Waals surface area (Å²) in [7, 11) is 0. The average molecular weight is 272 g/mol. The first-order valence-corrected chi connectivity index (χ1v) is 7.38. The van der Waals surface area contributed by atoms with Crippen molar-refractivity contribution in [1.82, 2.24) is 4.57 Å². The Morgan fingerprint density at radius 3 is 2.85 bits per heavy atom. The van der Waals surface area contributed by atoms with Crippen molar-refractivity contribution in [3.8, 4) is 0 Å². The largest absolute Gasteiger partial charge is 0.467 e. The topological polar surface area (TPSA) is 44.1 Å². The Balaban J connectivity index is 2.09. The minimum Gasteiger partial charge on any atom is -0.467 e. The van der Waals surface area contributed by atoms with Gasteiger partial charge in [0.2, 0.25) is 0 Å². The molecule has 108 valence electrons. The molecule has 3 rings (SSSR count). The van der Waals surface area contributed by atoms with Crippen LogP contribution in [0.1, 0.15) is 62.0 Å². The Hall–Kier alpha value is -1.48. The predicted octanol–water partition coefficient (Wildman–Crippen LogP) is 3.97. The van der Waals surface area contributed by atoms with E-state index in [4.69, 9.17) is 10.2 Å². The molecule has 0 amide bonds. The van der Waals surface area contributed by atoms with Crippen LogP contribution in [0, 0.1) is 12.3 Å². The second-order valence-corrected chi connectivity index (χ2v) is 6.90. The van der Waals surface area contributed by atoms with Gasteiger partial charge in [0.1, 0.15) is 5.76 Å². The molecule has 2 unspecified atom stereocenters. The highest BCUT2D eigenvalue weighted by atomic mass is 16.3. The minimum absolute atomic E-state index is 0.150. The Morgan fingerprint density at radius 1 is 1.45 bits per heavy atom. The van der Waals surface area contributed by atoms with Gasteiger partial charge in [-0.2, -0.15) is 0 Å². The van der Waals surface area contributed by atoms with Gasteiger partial charge >= 0.3 is 0 Å². The van der Waals surface area contributed by atoms with E-state index in [2.05, 4.69) is 38.3 Å². The molecule has 2 heterocycles. The van der Waals surface area contributed by atoms with E-state index >= 15 is 0 Å². The van der Waals surface area contributed by atoms with E-state index < -0.39 is 0 Å². The van der Waals surface area contributed by atoms with Crippen LogP contribution in [0.5, 0.6) is 0 Å². The van der Waals surface area contributed by atoms with Gasteiger partial charge in [0.15, 0.2) is 0 Å². The number of hydrogen-bond acceptors (Lipinski definition) is 2. The van der Waals surface area contributed by atoms with Crippen LogP contribution >= 0.6 is 0 Å². The number of hydrogen-bond donors (Lipinski definition) is 1. The molecule has 0 radical (unpaired) electrons. The number of fused-ring (bicyclic) bond motifs is 1. The maximum Gasteiger partial charge on any atom is 0.126 e. The first-order chi connectivity index (χ1) is 9.39. The molecule has 0 saturated carbocycles. The summed E-state index contributed by atoms with van der Waals surface area (Å²) in [5.74, 6) is 1.00. The molecule has 2 atom stereocenters. The van der Waals surface area contributed by atoms with E-state index in [9.17, 15) is 0 Å². The fraction of sp³-hybridized carbons (Fsp3) is 0.529. The Bertz CT molecular complexity index is 607. The van der Waals surface area contributed by atoms with Crippen molar-refractivity contribution in [3.05, 3.63) is 47.2 Å². The molecule has 0 aliphatic heterocycles. The van der Waals surface area contributed by atoms with Gasteiger partial charge in [-0.1, -0.05) is 13.8 Å². The van der Waals surface area contributed by atoms with Crippen LogP contribution in [-0.4, -0.2) is 4.57 Å². The van der Waals surface area contributed by atoms with Crippen LogP contribution in [0.25, 0.3) is 0 Å². The summed E-state index contributed by atoms with van der Waals surface area (Å²) < 4.78 is 7.99. The summed E-state index contributed by atoms with van der Waals surface area (Å²) >= 11 is 0. The molecule has 2 aromatic rings. The van der Waals surface area contributed by atoms with E-state index in [1.165, 1.54) is 17.0 Å². The third-order valence-electron chi connectivity index (χ3n) is 4.53. The lowest BCUT2D eigenvalue weighted by atomic mass is 9.74. The zero-order valence-electron chi connectivity index (χ0n) is 12.8. The van der Waals surface area contributed by atoms with Crippen molar-refractivity contribution in [2.24, 2.45) is 11.1 Å². The molecule has 3 nitrogen and oxygen atoms in total. The van der Waals surface area contributed by atoms with Crippen molar-refractivity contribution >= 4 is 0 Å². The second kappa shape index (κ2) is 4.52. The van der Waals surface area contributed by atoms with Crippen LogP contribution in [0.15, 0.2) is 28.9 Å². The lowest BCUT2D eigenvalue weighted by Crippen LogP contribution is -2.31. The molecule has 3 heteroatoms. The molecule has 20 heavy (non-hydrogen) atoms. The van der Waals surface area contributed by atoms with Crippen molar-refractivity contribution in [1.29, 1.82) is 0 Å². The van der Waals surface area contributed by atoms with Gasteiger partial charge < -0.3 is 14.7 Å². The van der Waals surface area contributed by atoms with Gasteiger partial charge in [-0.3, -0.25) is 0 Å². The highest BCUT2D eigenvalue weighted by molar-refractivity contribution is 5.35. The first-order valence-electron chi connectivity index (χ1n) is 7.38. The molecule has 0 spiro atoms. The van der Waals surface area contributed by atoms with E-state index in [-0.39, 0.29) is 17.5 Å². The van der Waals surface area contributed by atoms with E-state index in [0.29, 0.717) is 0 Å². The molecule has 0 fully saturated rings. The highest BCUT2D eigenvalue weighted by Crippen LogP contribution is 2.42. The molecular formula is C17H24N2O. The summed E-state index contributed by atoms with van der Waals surface area (Å²) in [6.07, 6.45) is 3.88. The molecule has 0 saturated heterocycles. The SMILES string of the molecule is Cc1cc2c(n1C(C)c1ccco1)CC(C)(C)CC2N. The number of nitrogens with two attached hydrogens (primary N) is 1. The molecule has 1 aliphatic carbocycles. The normalized spacial score (nSPS) is 22.6. The van der Waals surface area contributed by atoms with Crippen molar-refractivity contribution in [2.45, 2.75) is 52.6 Å². The molecule has 0 bridgehead atoms. The Labute approximate surface area is 120 Å². The molecule has 1 aliphatic rings. The van der Waals surface area contributed by atoms with Gasteiger partial charge in [-0.15, -0.1) is 0 Å². The van der Waals surface area contributed by atoms with Crippen LogP contribution in [0.4, 0.5) is 0 Å². The first kappa shape index (κ1) is 13.5.